The van der Waals surface area contributed by atoms with Gasteiger partial charge in [0.1, 0.15) is 0 Å². The Kier molecular flexibility index (Phi) is 5.66. The van der Waals surface area contributed by atoms with Crippen LogP contribution in [0, 0.1) is 12.8 Å². The number of amides is 2. The highest BCUT2D eigenvalue weighted by Crippen LogP contribution is 2.38. The lowest BCUT2D eigenvalue weighted by Gasteiger charge is -2.46. The van der Waals surface area contributed by atoms with Crippen LogP contribution >= 0.6 is 0 Å². The first-order valence-electron chi connectivity index (χ1n) is 10.6. The maximum Gasteiger partial charge on any atom is 0.317 e. The zero-order chi connectivity index (χ0) is 18.7. The van der Waals surface area contributed by atoms with E-state index in [2.05, 4.69) is 15.5 Å². The molecule has 3 heterocycles. The number of nitrogens with zero attached hydrogens (tertiary/aromatic N) is 3. The van der Waals surface area contributed by atoms with E-state index in [9.17, 15) is 4.79 Å². The molecule has 0 radical (unpaired) electrons. The number of aromatic nitrogens is 2. The third-order valence-electron chi connectivity index (χ3n) is 6.53. The topological polar surface area (TPSA) is 80.5 Å². The molecular weight excluding hydrogens is 344 g/mol. The zero-order valence-electron chi connectivity index (χ0n) is 16.4. The fourth-order valence-corrected chi connectivity index (χ4v) is 4.96. The maximum atomic E-state index is 12.6. The highest BCUT2D eigenvalue weighted by molar-refractivity contribution is 5.74. The van der Waals surface area contributed by atoms with Crippen molar-refractivity contribution in [3.63, 3.8) is 0 Å². The van der Waals surface area contributed by atoms with E-state index in [1.54, 1.807) is 0 Å². The van der Waals surface area contributed by atoms with E-state index in [0.717, 1.165) is 70.5 Å². The number of piperidine rings is 1. The number of ether oxygens (including phenoxy) is 1. The van der Waals surface area contributed by atoms with Crippen molar-refractivity contribution >= 4 is 6.03 Å². The Labute approximate surface area is 161 Å². The Bertz CT molecular complexity index is 633. The van der Waals surface area contributed by atoms with Crippen LogP contribution in [-0.4, -0.2) is 52.4 Å². The number of carbonyl (C=O) groups excluding carboxylic acids is 1. The van der Waals surface area contributed by atoms with Gasteiger partial charge in [0.25, 0.3) is 0 Å². The summed E-state index contributed by atoms with van der Waals surface area (Å²) in [5.74, 6) is 1.96. The van der Waals surface area contributed by atoms with Crippen molar-refractivity contribution in [2.75, 3.05) is 19.7 Å². The molecule has 2 aliphatic heterocycles. The van der Waals surface area contributed by atoms with Crippen molar-refractivity contribution in [1.82, 2.24) is 20.4 Å². The van der Waals surface area contributed by atoms with Gasteiger partial charge in [0.05, 0.1) is 5.60 Å². The molecule has 4 rings (SSSR count). The summed E-state index contributed by atoms with van der Waals surface area (Å²) in [6.07, 6.45) is 10.8. The molecule has 3 aliphatic rings. The van der Waals surface area contributed by atoms with Gasteiger partial charge in [-0.05, 0) is 44.4 Å². The van der Waals surface area contributed by atoms with Crippen LogP contribution in [-0.2, 0) is 11.2 Å². The van der Waals surface area contributed by atoms with Crippen LogP contribution in [0.1, 0.15) is 69.5 Å². The Morgan fingerprint density at radius 3 is 2.70 bits per heavy atom. The summed E-state index contributed by atoms with van der Waals surface area (Å²) >= 11 is 0. The Morgan fingerprint density at radius 1 is 1.22 bits per heavy atom. The first-order chi connectivity index (χ1) is 13.1. The molecule has 1 atom stereocenters. The average molecular weight is 377 g/mol. The highest BCUT2D eigenvalue weighted by Gasteiger charge is 2.41. The molecule has 1 aromatic rings. The monoisotopic (exact) mass is 376 g/mol. The van der Waals surface area contributed by atoms with E-state index in [0.29, 0.717) is 17.9 Å². The molecule has 1 saturated carbocycles. The number of hydrogen-bond acceptors (Lipinski definition) is 5. The predicted molar refractivity (Wildman–Crippen MR) is 100 cm³/mol. The third-order valence-corrected chi connectivity index (χ3v) is 6.53. The Hall–Kier alpha value is -1.63. The normalized spacial score (nSPS) is 26.3. The van der Waals surface area contributed by atoms with Crippen LogP contribution in [0.3, 0.4) is 0 Å². The van der Waals surface area contributed by atoms with Crippen molar-refractivity contribution in [3.8, 4) is 0 Å². The number of urea groups is 1. The van der Waals surface area contributed by atoms with Crippen LogP contribution in [0.25, 0.3) is 0 Å². The zero-order valence-corrected chi connectivity index (χ0v) is 16.4. The molecule has 2 amide bonds. The average Bonchev–Trinajstić information content (AvgIpc) is 3.08. The number of nitrogens with one attached hydrogen (secondary N) is 1. The maximum absolute atomic E-state index is 12.6. The van der Waals surface area contributed by atoms with Crippen LogP contribution in [0.2, 0.25) is 0 Å². The summed E-state index contributed by atoms with van der Waals surface area (Å²) in [5.41, 5.74) is -0.0800. The summed E-state index contributed by atoms with van der Waals surface area (Å²) in [4.78, 5) is 18.9. The molecule has 150 valence electrons. The first-order valence-corrected chi connectivity index (χ1v) is 10.6. The van der Waals surface area contributed by atoms with E-state index < -0.39 is 0 Å². The van der Waals surface area contributed by atoms with Gasteiger partial charge < -0.3 is 19.5 Å². The van der Waals surface area contributed by atoms with Gasteiger partial charge in [-0.2, -0.15) is 4.98 Å². The number of aryl methyl sites for hydroxylation is 1. The molecule has 1 unspecified atom stereocenters. The van der Waals surface area contributed by atoms with Gasteiger partial charge in [-0.15, -0.1) is 0 Å². The van der Waals surface area contributed by atoms with Crippen LogP contribution in [0.4, 0.5) is 4.79 Å². The molecule has 0 bridgehead atoms. The Balaban J connectivity index is 1.27. The molecule has 1 spiro atoms. The molecule has 27 heavy (non-hydrogen) atoms. The van der Waals surface area contributed by atoms with E-state index in [4.69, 9.17) is 9.26 Å². The number of likely N-dealkylation sites (tertiary alicyclic amines) is 1. The smallest absolute Gasteiger partial charge is 0.317 e. The van der Waals surface area contributed by atoms with Crippen LogP contribution in [0.15, 0.2) is 4.52 Å². The lowest BCUT2D eigenvalue weighted by atomic mass is 9.78. The van der Waals surface area contributed by atoms with Gasteiger partial charge in [0, 0.05) is 39.1 Å². The minimum absolute atomic E-state index is 0.0800. The molecule has 1 aliphatic carbocycles. The van der Waals surface area contributed by atoms with Gasteiger partial charge in [-0.25, -0.2) is 4.79 Å². The predicted octanol–water partition coefficient (Wildman–Crippen LogP) is 3.22. The molecule has 2 saturated heterocycles. The summed E-state index contributed by atoms with van der Waals surface area (Å²) in [6.45, 7) is 4.19. The molecule has 3 fully saturated rings. The molecule has 1 aromatic heterocycles. The van der Waals surface area contributed by atoms with Gasteiger partial charge in [-0.3, -0.25) is 0 Å². The van der Waals surface area contributed by atoms with Crippen LogP contribution < -0.4 is 5.32 Å². The molecule has 1 N–H and O–H groups in total. The van der Waals surface area contributed by atoms with Gasteiger partial charge in [-0.1, -0.05) is 24.4 Å². The van der Waals surface area contributed by atoms with Crippen molar-refractivity contribution in [2.45, 2.75) is 82.8 Å². The lowest BCUT2D eigenvalue weighted by Crippen LogP contribution is -2.54. The van der Waals surface area contributed by atoms with Crippen molar-refractivity contribution in [3.05, 3.63) is 11.7 Å². The fourth-order valence-electron chi connectivity index (χ4n) is 4.96. The molecular formula is C20H32N4O3. The van der Waals surface area contributed by atoms with Gasteiger partial charge in [0.15, 0.2) is 5.82 Å². The Morgan fingerprint density at radius 2 is 2.00 bits per heavy atom. The first kappa shape index (κ1) is 18.7. The number of carbonyl (C=O) groups is 1. The summed E-state index contributed by atoms with van der Waals surface area (Å²) in [7, 11) is 0. The molecule has 7 nitrogen and oxygen atoms in total. The minimum atomic E-state index is -0.0800. The van der Waals surface area contributed by atoms with Crippen molar-refractivity contribution in [2.24, 2.45) is 5.92 Å². The quantitative estimate of drug-likeness (QED) is 0.876. The summed E-state index contributed by atoms with van der Waals surface area (Å²) < 4.78 is 11.3. The standard InChI is InChI=1S/C20H32N4O3/c1-15-21-18(23-27-15)13-16-7-12-26-20(14-16)8-10-24(11-9-20)19(25)22-17-5-3-2-4-6-17/h16-17H,2-14H2,1H3,(H,22,25). The second kappa shape index (κ2) is 8.17. The number of rotatable bonds is 3. The van der Waals surface area contributed by atoms with Crippen LogP contribution in [0.5, 0.6) is 0 Å². The van der Waals surface area contributed by atoms with E-state index in [-0.39, 0.29) is 11.6 Å². The fraction of sp³-hybridized carbons (Fsp3) is 0.850. The van der Waals surface area contributed by atoms with Crippen molar-refractivity contribution < 1.29 is 14.1 Å². The minimum Gasteiger partial charge on any atom is -0.375 e. The van der Waals surface area contributed by atoms with E-state index in [1.165, 1.54) is 19.3 Å². The van der Waals surface area contributed by atoms with E-state index in [1.807, 2.05) is 11.8 Å². The number of hydrogen-bond donors (Lipinski definition) is 1. The van der Waals surface area contributed by atoms with Gasteiger partial charge in [0.2, 0.25) is 5.89 Å². The largest absolute Gasteiger partial charge is 0.375 e. The summed E-state index contributed by atoms with van der Waals surface area (Å²) in [6, 6.07) is 0.488. The molecule has 0 aromatic carbocycles. The van der Waals surface area contributed by atoms with E-state index >= 15 is 0 Å². The third kappa shape index (κ3) is 4.62. The second-order valence-electron chi connectivity index (χ2n) is 8.60. The SMILES string of the molecule is Cc1nc(CC2CCOC3(CCN(C(=O)NC4CCCCC4)CC3)C2)no1. The summed E-state index contributed by atoms with van der Waals surface area (Å²) in [5, 5.41) is 7.29. The van der Waals surface area contributed by atoms with Crippen molar-refractivity contribution in [1.29, 1.82) is 0 Å². The lowest BCUT2D eigenvalue weighted by molar-refractivity contribution is -0.123. The second-order valence-corrected chi connectivity index (χ2v) is 8.60. The highest BCUT2D eigenvalue weighted by atomic mass is 16.5. The van der Waals surface area contributed by atoms with Gasteiger partial charge >= 0.3 is 6.03 Å². The molecule has 7 heteroatoms.